The van der Waals surface area contributed by atoms with Gasteiger partial charge in [0.25, 0.3) is 0 Å². The Balaban J connectivity index is 2.87. The first kappa shape index (κ1) is 8.44. The second-order valence-electron chi connectivity index (χ2n) is 2.79. The third-order valence-corrected chi connectivity index (χ3v) is 2.91. The van der Waals surface area contributed by atoms with E-state index in [9.17, 15) is 4.79 Å². The van der Waals surface area contributed by atoms with Crippen LogP contribution < -0.4 is 0 Å². The largest absolute Gasteiger partial charge is 0.298 e. The van der Waals surface area contributed by atoms with Gasteiger partial charge in [0.05, 0.1) is 11.7 Å². The van der Waals surface area contributed by atoms with Crippen molar-refractivity contribution in [2.75, 3.05) is 0 Å². The molecular formula is C9H7BrN2O. The van der Waals surface area contributed by atoms with Gasteiger partial charge in [-0.25, -0.2) is 0 Å². The van der Waals surface area contributed by atoms with Crippen LogP contribution in [0.25, 0.3) is 10.9 Å². The summed E-state index contributed by atoms with van der Waals surface area (Å²) in [5.41, 5.74) is 1.66. The Hall–Kier alpha value is -1.16. The van der Waals surface area contributed by atoms with Gasteiger partial charge in [-0.15, -0.1) is 0 Å². The van der Waals surface area contributed by atoms with E-state index in [-0.39, 0.29) is 0 Å². The maximum atomic E-state index is 10.6. The van der Waals surface area contributed by atoms with E-state index >= 15 is 0 Å². The van der Waals surface area contributed by atoms with Crippen LogP contribution in [0.1, 0.15) is 10.4 Å². The Kier molecular flexibility index (Phi) is 1.92. The zero-order chi connectivity index (χ0) is 9.42. The summed E-state index contributed by atoms with van der Waals surface area (Å²) in [7, 11) is 1.87. The molecule has 0 saturated carbocycles. The van der Waals surface area contributed by atoms with Crippen LogP contribution in [0.5, 0.6) is 0 Å². The number of aromatic nitrogens is 2. The number of benzene rings is 1. The molecule has 1 aromatic carbocycles. The first-order chi connectivity index (χ1) is 6.24. The van der Waals surface area contributed by atoms with Crippen LogP contribution in [0.2, 0.25) is 0 Å². The fourth-order valence-electron chi connectivity index (χ4n) is 1.30. The minimum atomic E-state index is 0.653. The highest BCUT2D eigenvalue weighted by molar-refractivity contribution is 9.10. The standard InChI is InChI=1S/C9H7BrN2O/c1-12-8-3-2-6(5-13)9(10)7(8)4-11-12/h2-5H,1H3. The van der Waals surface area contributed by atoms with Crippen molar-refractivity contribution in [1.29, 1.82) is 0 Å². The Morgan fingerprint density at radius 2 is 2.31 bits per heavy atom. The summed E-state index contributed by atoms with van der Waals surface area (Å²) >= 11 is 3.37. The van der Waals surface area contributed by atoms with Crippen molar-refractivity contribution in [3.8, 4) is 0 Å². The molecule has 0 amide bonds. The Bertz CT molecular complexity index is 476. The molecule has 2 aromatic rings. The van der Waals surface area contributed by atoms with E-state index in [1.54, 1.807) is 16.9 Å². The van der Waals surface area contributed by atoms with Crippen molar-refractivity contribution in [3.05, 3.63) is 28.4 Å². The van der Waals surface area contributed by atoms with Gasteiger partial charge < -0.3 is 0 Å². The molecule has 1 heterocycles. The first-order valence-corrected chi connectivity index (χ1v) is 4.58. The van der Waals surface area contributed by atoms with Crippen LogP contribution in [0.3, 0.4) is 0 Å². The highest BCUT2D eigenvalue weighted by Crippen LogP contribution is 2.25. The summed E-state index contributed by atoms with van der Waals surface area (Å²) in [5.74, 6) is 0. The Labute approximate surface area is 83.5 Å². The first-order valence-electron chi connectivity index (χ1n) is 3.79. The summed E-state index contributed by atoms with van der Waals surface area (Å²) in [6.07, 6.45) is 2.57. The van der Waals surface area contributed by atoms with Gasteiger partial charge in [-0.3, -0.25) is 9.48 Å². The molecule has 0 aliphatic heterocycles. The smallest absolute Gasteiger partial charge is 0.151 e. The molecular weight excluding hydrogens is 232 g/mol. The van der Waals surface area contributed by atoms with Crippen LogP contribution in [0, 0.1) is 0 Å². The second-order valence-corrected chi connectivity index (χ2v) is 3.58. The maximum Gasteiger partial charge on any atom is 0.151 e. The molecule has 0 aliphatic rings. The highest BCUT2D eigenvalue weighted by Gasteiger charge is 2.06. The molecule has 66 valence electrons. The van der Waals surface area contributed by atoms with E-state index in [1.807, 2.05) is 13.1 Å². The lowest BCUT2D eigenvalue weighted by molar-refractivity contribution is 0.112. The molecule has 0 N–H and O–H groups in total. The van der Waals surface area contributed by atoms with Crippen molar-refractivity contribution >= 4 is 33.1 Å². The molecule has 0 fully saturated rings. The van der Waals surface area contributed by atoms with Crippen LogP contribution in [0.15, 0.2) is 22.8 Å². The number of carbonyl (C=O) groups excluding carboxylic acids is 1. The van der Waals surface area contributed by atoms with Gasteiger partial charge in [0.15, 0.2) is 6.29 Å². The summed E-state index contributed by atoms with van der Waals surface area (Å²) < 4.78 is 2.59. The fourth-order valence-corrected chi connectivity index (χ4v) is 1.83. The zero-order valence-electron chi connectivity index (χ0n) is 6.99. The second kappa shape index (κ2) is 2.96. The Morgan fingerprint density at radius 1 is 1.54 bits per heavy atom. The quantitative estimate of drug-likeness (QED) is 0.714. The number of nitrogens with zero attached hydrogens (tertiary/aromatic N) is 2. The molecule has 0 unspecified atom stereocenters. The van der Waals surface area contributed by atoms with Crippen LogP contribution >= 0.6 is 15.9 Å². The van der Waals surface area contributed by atoms with Gasteiger partial charge >= 0.3 is 0 Å². The van der Waals surface area contributed by atoms with Crippen molar-refractivity contribution in [2.24, 2.45) is 7.05 Å². The highest BCUT2D eigenvalue weighted by atomic mass is 79.9. The predicted molar refractivity (Wildman–Crippen MR) is 53.8 cm³/mol. The van der Waals surface area contributed by atoms with E-state index in [0.717, 1.165) is 21.7 Å². The average molecular weight is 239 g/mol. The van der Waals surface area contributed by atoms with Gasteiger partial charge in [-0.1, -0.05) is 0 Å². The number of fused-ring (bicyclic) bond motifs is 1. The van der Waals surface area contributed by atoms with Gasteiger partial charge in [-0.2, -0.15) is 5.10 Å². The van der Waals surface area contributed by atoms with Crippen LogP contribution in [-0.2, 0) is 7.05 Å². The number of aryl methyl sites for hydroxylation is 1. The molecule has 2 rings (SSSR count). The van der Waals surface area contributed by atoms with Gasteiger partial charge in [0, 0.05) is 22.5 Å². The molecule has 4 heteroatoms. The lowest BCUT2D eigenvalue weighted by Gasteiger charge is -1.98. The molecule has 0 atom stereocenters. The van der Waals surface area contributed by atoms with Crippen molar-refractivity contribution in [2.45, 2.75) is 0 Å². The fraction of sp³-hybridized carbons (Fsp3) is 0.111. The zero-order valence-corrected chi connectivity index (χ0v) is 8.58. The summed E-state index contributed by atoms with van der Waals surface area (Å²) in [6, 6.07) is 3.66. The topological polar surface area (TPSA) is 34.9 Å². The van der Waals surface area contributed by atoms with Gasteiger partial charge in [-0.05, 0) is 28.1 Å². The molecule has 0 saturated heterocycles. The van der Waals surface area contributed by atoms with E-state index in [1.165, 1.54) is 0 Å². The molecule has 0 aliphatic carbocycles. The summed E-state index contributed by atoms with van der Waals surface area (Å²) in [4.78, 5) is 10.6. The minimum Gasteiger partial charge on any atom is -0.298 e. The molecule has 0 spiro atoms. The van der Waals surface area contributed by atoms with Crippen molar-refractivity contribution < 1.29 is 4.79 Å². The third-order valence-electron chi connectivity index (χ3n) is 2.02. The Morgan fingerprint density at radius 3 is 3.00 bits per heavy atom. The van der Waals surface area contributed by atoms with Crippen LogP contribution in [-0.4, -0.2) is 16.1 Å². The number of aldehydes is 1. The number of rotatable bonds is 1. The van der Waals surface area contributed by atoms with E-state index in [4.69, 9.17) is 0 Å². The lowest BCUT2D eigenvalue weighted by Crippen LogP contribution is -1.89. The van der Waals surface area contributed by atoms with Gasteiger partial charge in [0.1, 0.15) is 0 Å². The maximum absolute atomic E-state index is 10.6. The van der Waals surface area contributed by atoms with E-state index in [2.05, 4.69) is 21.0 Å². The summed E-state index contributed by atoms with van der Waals surface area (Å²) in [5, 5.41) is 5.07. The average Bonchev–Trinajstić information content (AvgIpc) is 2.50. The molecule has 13 heavy (non-hydrogen) atoms. The van der Waals surface area contributed by atoms with E-state index in [0.29, 0.717) is 5.56 Å². The number of halogens is 1. The summed E-state index contributed by atoms with van der Waals surface area (Å²) in [6.45, 7) is 0. The SMILES string of the molecule is Cn1ncc2c(Br)c(C=O)ccc21. The van der Waals surface area contributed by atoms with E-state index < -0.39 is 0 Å². The third kappa shape index (κ3) is 1.18. The number of hydrogen-bond donors (Lipinski definition) is 0. The van der Waals surface area contributed by atoms with Gasteiger partial charge in [0.2, 0.25) is 0 Å². The lowest BCUT2D eigenvalue weighted by atomic mass is 10.2. The normalized spacial score (nSPS) is 10.6. The predicted octanol–water partition coefficient (Wildman–Crippen LogP) is 2.15. The monoisotopic (exact) mass is 238 g/mol. The van der Waals surface area contributed by atoms with Crippen molar-refractivity contribution in [1.82, 2.24) is 9.78 Å². The van der Waals surface area contributed by atoms with Crippen LogP contribution in [0.4, 0.5) is 0 Å². The molecule has 0 radical (unpaired) electrons. The minimum absolute atomic E-state index is 0.653. The van der Waals surface area contributed by atoms with Crippen molar-refractivity contribution in [3.63, 3.8) is 0 Å². The number of carbonyl (C=O) groups is 1. The number of hydrogen-bond acceptors (Lipinski definition) is 2. The molecule has 0 bridgehead atoms. The molecule has 1 aromatic heterocycles. The molecule has 3 nitrogen and oxygen atoms in total.